The Morgan fingerprint density at radius 2 is 1.70 bits per heavy atom. The van der Waals surface area contributed by atoms with Crippen molar-refractivity contribution in [2.75, 3.05) is 37.9 Å². The first-order chi connectivity index (χ1) is 9.35. The second-order valence-corrected chi connectivity index (χ2v) is 6.18. The molecule has 0 aliphatic carbocycles. The minimum atomic E-state index is -0.134. The third kappa shape index (κ3) is 3.02. The van der Waals surface area contributed by atoms with Crippen LogP contribution in [0.15, 0.2) is 6.07 Å². The molecule has 1 aliphatic heterocycles. The predicted molar refractivity (Wildman–Crippen MR) is 79.0 cm³/mol. The molecule has 0 bridgehead atoms. The molecule has 1 aromatic rings. The second kappa shape index (κ2) is 5.54. The van der Waals surface area contributed by atoms with Crippen LogP contribution in [0.1, 0.15) is 26.6 Å². The second-order valence-electron chi connectivity index (χ2n) is 6.18. The van der Waals surface area contributed by atoms with Gasteiger partial charge >= 0.3 is 0 Å². The highest BCUT2D eigenvalue weighted by Crippen LogP contribution is 2.26. The Hall–Kier alpha value is -1.40. The molecule has 2 rings (SSSR count). The van der Waals surface area contributed by atoms with E-state index in [2.05, 4.69) is 35.6 Å². The standard InChI is InChI=1S/C14H24N4O2/c1-14(2,3)13-16-11(15)6-12(17-13)18-7-9(19-4)10(8-18)20-5/h6,9-10H,7-8H2,1-5H3,(H2,15,16,17). The predicted octanol–water partition coefficient (Wildman–Crippen LogP) is 1.21. The Morgan fingerprint density at radius 3 is 2.15 bits per heavy atom. The number of anilines is 2. The average Bonchev–Trinajstić information content (AvgIpc) is 2.80. The van der Waals surface area contributed by atoms with E-state index in [1.54, 1.807) is 20.3 Å². The number of nitrogens with two attached hydrogens (primary N) is 1. The number of hydrogen-bond donors (Lipinski definition) is 1. The van der Waals surface area contributed by atoms with E-state index >= 15 is 0 Å². The van der Waals surface area contributed by atoms with Crippen LogP contribution in [0, 0.1) is 0 Å². The van der Waals surface area contributed by atoms with Crippen LogP contribution in [0.3, 0.4) is 0 Å². The number of hydrogen-bond acceptors (Lipinski definition) is 6. The van der Waals surface area contributed by atoms with E-state index < -0.39 is 0 Å². The average molecular weight is 280 g/mol. The number of nitrogen functional groups attached to an aromatic ring is 1. The van der Waals surface area contributed by atoms with Crippen molar-refractivity contribution >= 4 is 11.6 Å². The summed E-state index contributed by atoms with van der Waals surface area (Å²) >= 11 is 0. The molecule has 112 valence electrons. The Morgan fingerprint density at radius 1 is 1.15 bits per heavy atom. The SMILES string of the molecule is COC1CN(c2cc(N)nc(C(C)(C)C)n2)CC1OC. The maximum atomic E-state index is 5.92. The summed E-state index contributed by atoms with van der Waals surface area (Å²) in [5, 5.41) is 0. The summed E-state index contributed by atoms with van der Waals surface area (Å²) in [6.07, 6.45) is 0.101. The van der Waals surface area contributed by atoms with Crippen molar-refractivity contribution in [2.45, 2.75) is 38.4 Å². The van der Waals surface area contributed by atoms with Gasteiger partial charge in [0.15, 0.2) is 0 Å². The van der Waals surface area contributed by atoms with Crippen molar-refractivity contribution in [1.29, 1.82) is 0 Å². The molecular weight excluding hydrogens is 256 g/mol. The monoisotopic (exact) mass is 280 g/mol. The molecule has 0 amide bonds. The number of rotatable bonds is 3. The first-order valence-electron chi connectivity index (χ1n) is 6.80. The first kappa shape index (κ1) is 15.0. The van der Waals surface area contributed by atoms with E-state index in [-0.39, 0.29) is 17.6 Å². The largest absolute Gasteiger partial charge is 0.384 e. The Balaban J connectivity index is 2.28. The van der Waals surface area contributed by atoms with Crippen LogP contribution in [0.4, 0.5) is 11.6 Å². The van der Waals surface area contributed by atoms with Gasteiger partial charge in [-0.15, -0.1) is 0 Å². The van der Waals surface area contributed by atoms with Crippen LogP contribution in [0.2, 0.25) is 0 Å². The molecule has 1 saturated heterocycles. The van der Waals surface area contributed by atoms with Crippen molar-refractivity contribution in [3.05, 3.63) is 11.9 Å². The maximum absolute atomic E-state index is 5.92. The molecule has 1 aromatic heterocycles. The lowest BCUT2D eigenvalue weighted by molar-refractivity contribution is -0.00461. The number of nitrogens with zero attached hydrogens (tertiary/aromatic N) is 3. The quantitative estimate of drug-likeness (QED) is 0.897. The van der Waals surface area contributed by atoms with Crippen molar-refractivity contribution in [1.82, 2.24) is 9.97 Å². The molecule has 0 aromatic carbocycles. The van der Waals surface area contributed by atoms with E-state index in [9.17, 15) is 0 Å². The molecule has 0 saturated carbocycles. The summed E-state index contributed by atoms with van der Waals surface area (Å²) in [5.41, 5.74) is 5.78. The summed E-state index contributed by atoms with van der Waals surface area (Å²) in [5.74, 6) is 2.08. The van der Waals surface area contributed by atoms with Crippen LogP contribution >= 0.6 is 0 Å². The highest BCUT2D eigenvalue weighted by molar-refractivity contribution is 5.49. The van der Waals surface area contributed by atoms with E-state index in [0.717, 1.165) is 24.7 Å². The highest BCUT2D eigenvalue weighted by atomic mass is 16.5. The van der Waals surface area contributed by atoms with Gasteiger partial charge in [-0.2, -0.15) is 0 Å². The molecule has 1 fully saturated rings. The zero-order valence-corrected chi connectivity index (χ0v) is 12.9. The van der Waals surface area contributed by atoms with E-state index in [4.69, 9.17) is 15.2 Å². The van der Waals surface area contributed by atoms with Crippen LogP contribution < -0.4 is 10.6 Å². The normalized spacial score (nSPS) is 23.4. The zero-order chi connectivity index (χ0) is 14.9. The fourth-order valence-electron chi connectivity index (χ4n) is 2.33. The minimum Gasteiger partial charge on any atom is -0.384 e. The lowest BCUT2D eigenvalue weighted by atomic mass is 9.96. The van der Waals surface area contributed by atoms with Crippen molar-refractivity contribution in [3.63, 3.8) is 0 Å². The Bertz CT molecular complexity index is 461. The number of methoxy groups -OCH3 is 2. The molecule has 2 atom stereocenters. The Kier molecular flexibility index (Phi) is 4.15. The summed E-state index contributed by atoms with van der Waals surface area (Å²) in [6, 6.07) is 1.81. The molecule has 2 heterocycles. The molecule has 20 heavy (non-hydrogen) atoms. The van der Waals surface area contributed by atoms with E-state index in [1.165, 1.54) is 0 Å². The highest BCUT2D eigenvalue weighted by Gasteiger charge is 2.34. The smallest absolute Gasteiger partial charge is 0.138 e. The molecule has 1 aliphatic rings. The van der Waals surface area contributed by atoms with Crippen molar-refractivity contribution < 1.29 is 9.47 Å². The molecule has 0 radical (unpaired) electrons. The first-order valence-corrected chi connectivity index (χ1v) is 6.80. The third-order valence-corrected chi connectivity index (χ3v) is 3.55. The number of aromatic nitrogens is 2. The van der Waals surface area contributed by atoms with Crippen LogP contribution in [0.5, 0.6) is 0 Å². The van der Waals surface area contributed by atoms with Gasteiger partial charge in [0.25, 0.3) is 0 Å². The van der Waals surface area contributed by atoms with Crippen LogP contribution in [-0.2, 0) is 14.9 Å². The van der Waals surface area contributed by atoms with E-state index in [1.807, 2.05) is 0 Å². The maximum Gasteiger partial charge on any atom is 0.138 e. The van der Waals surface area contributed by atoms with Gasteiger partial charge in [0.2, 0.25) is 0 Å². The lowest BCUT2D eigenvalue weighted by Gasteiger charge is -2.22. The fourth-order valence-corrected chi connectivity index (χ4v) is 2.33. The van der Waals surface area contributed by atoms with Gasteiger partial charge in [-0.1, -0.05) is 20.8 Å². The summed E-state index contributed by atoms with van der Waals surface area (Å²) in [4.78, 5) is 11.1. The van der Waals surface area contributed by atoms with Crippen molar-refractivity contribution in [2.24, 2.45) is 0 Å². The molecular formula is C14H24N4O2. The third-order valence-electron chi connectivity index (χ3n) is 3.55. The summed E-state index contributed by atoms with van der Waals surface area (Å²) in [6.45, 7) is 7.71. The fraction of sp³-hybridized carbons (Fsp3) is 0.714. The topological polar surface area (TPSA) is 73.5 Å². The lowest BCUT2D eigenvalue weighted by Crippen LogP contribution is -2.27. The molecule has 2 unspecified atom stereocenters. The summed E-state index contributed by atoms with van der Waals surface area (Å²) in [7, 11) is 3.41. The van der Waals surface area contributed by atoms with Crippen LogP contribution in [0.25, 0.3) is 0 Å². The van der Waals surface area contributed by atoms with Crippen LogP contribution in [-0.4, -0.2) is 49.5 Å². The molecule has 0 spiro atoms. The Labute approximate surface area is 120 Å². The van der Waals surface area contributed by atoms with Gasteiger partial charge in [-0.3, -0.25) is 0 Å². The van der Waals surface area contributed by atoms with Gasteiger partial charge in [-0.25, -0.2) is 9.97 Å². The van der Waals surface area contributed by atoms with Gasteiger partial charge in [0.05, 0.1) is 0 Å². The van der Waals surface area contributed by atoms with Gasteiger partial charge in [-0.05, 0) is 0 Å². The number of ether oxygens (including phenoxy) is 2. The van der Waals surface area contributed by atoms with Crippen molar-refractivity contribution in [3.8, 4) is 0 Å². The zero-order valence-electron chi connectivity index (χ0n) is 12.9. The molecule has 6 heteroatoms. The summed E-state index contributed by atoms with van der Waals surface area (Å²) < 4.78 is 10.9. The minimum absolute atomic E-state index is 0.0503. The van der Waals surface area contributed by atoms with Gasteiger partial charge < -0.3 is 20.1 Å². The van der Waals surface area contributed by atoms with Gasteiger partial charge in [0, 0.05) is 38.8 Å². The van der Waals surface area contributed by atoms with E-state index in [0.29, 0.717) is 5.82 Å². The van der Waals surface area contributed by atoms with Gasteiger partial charge in [0.1, 0.15) is 29.7 Å². The molecule has 6 nitrogen and oxygen atoms in total. The molecule has 2 N–H and O–H groups in total.